The molecule has 0 saturated heterocycles. The van der Waals surface area contributed by atoms with Crippen molar-refractivity contribution in [1.29, 1.82) is 0 Å². The van der Waals surface area contributed by atoms with Gasteiger partial charge in [0.05, 0.1) is 5.56 Å². The smallest absolute Gasteiger partial charge is 0.417 e. The van der Waals surface area contributed by atoms with Gasteiger partial charge in [-0.15, -0.1) is 0 Å². The Bertz CT molecular complexity index is 1360. The van der Waals surface area contributed by atoms with E-state index in [0.717, 1.165) is 17.2 Å². The number of alkyl halides is 3. The van der Waals surface area contributed by atoms with E-state index in [0.29, 0.717) is 24.1 Å². The molecule has 1 aromatic heterocycles. The van der Waals surface area contributed by atoms with E-state index in [4.69, 9.17) is 9.63 Å². The predicted molar refractivity (Wildman–Crippen MR) is 129 cm³/mol. The molecule has 0 bridgehead atoms. The zero-order valence-corrected chi connectivity index (χ0v) is 19.6. The minimum atomic E-state index is -4.57. The number of hydrogen-bond donors (Lipinski definition) is 2. The van der Waals surface area contributed by atoms with Gasteiger partial charge in [0.1, 0.15) is 6.04 Å². The average molecular weight is 496 g/mol. The number of carbonyl (C=O) groups is 1. The highest BCUT2D eigenvalue weighted by Crippen LogP contribution is 2.40. The minimum absolute atomic E-state index is 0.0113. The van der Waals surface area contributed by atoms with Crippen molar-refractivity contribution in [2.75, 3.05) is 6.54 Å². The van der Waals surface area contributed by atoms with E-state index in [2.05, 4.69) is 15.5 Å². The zero-order valence-electron chi connectivity index (χ0n) is 19.6. The first-order valence-corrected chi connectivity index (χ1v) is 11.3. The Morgan fingerprint density at radius 2 is 1.72 bits per heavy atom. The van der Waals surface area contributed by atoms with E-state index in [1.54, 1.807) is 56.3 Å². The molecule has 1 unspecified atom stereocenters. The highest BCUT2D eigenvalue weighted by molar-refractivity contribution is 5.75. The summed E-state index contributed by atoms with van der Waals surface area (Å²) in [5.41, 5.74) is 2.37. The molecule has 1 atom stereocenters. The SMILES string of the molecule is Cc1ccccc1-c1ccc(-c2nc(-c3ccc(CCNC(C)C(=O)O)cc3)no2)cc1C(F)(F)F. The molecule has 186 valence electrons. The van der Waals surface area contributed by atoms with Crippen LogP contribution in [0.2, 0.25) is 0 Å². The summed E-state index contributed by atoms with van der Waals surface area (Å²) in [5, 5.41) is 15.8. The number of carboxylic acids is 1. The summed E-state index contributed by atoms with van der Waals surface area (Å²) >= 11 is 0. The van der Waals surface area contributed by atoms with Crippen LogP contribution in [0.25, 0.3) is 34.0 Å². The molecule has 36 heavy (non-hydrogen) atoms. The summed E-state index contributed by atoms with van der Waals surface area (Å²) in [6.07, 6.45) is -3.94. The highest BCUT2D eigenvalue weighted by atomic mass is 19.4. The van der Waals surface area contributed by atoms with Crippen molar-refractivity contribution in [1.82, 2.24) is 15.5 Å². The highest BCUT2D eigenvalue weighted by Gasteiger charge is 2.34. The van der Waals surface area contributed by atoms with Gasteiger partial charge in [-0.2, -0.15) is 18.2 Å². The normalized spacial score (nSPS) is 12.5. The molecule has 0 aliphatic rings. The lowest BCUT2D eigenvalue weighted by Crippen LogP contribution is -2.34. The van der Waals surface area contributed by atoms with E-state index in [1.807, 2.05) is 12.1 Å². The topological polar surface area (TPSA) is 88.2 Å². The first kappa shape index (κ1) is 25.1. The van der Waals surface area contributed by atoms with Crippen LogP contribution in [0, 0.1) is 6.92 Å². The lowest BCUT2D eigenvalue weighted by atomic mass is 9.94. The predicted octanol–water partition coefficient (Wildman–Crippen LogP) is 6.00. The average Bonchev–Trinajstić information content (AvgIpc) is 3.34. The van der Waals surface area contributed by atoms with Gasteiger partial charge < -0.3 is 14.9 Å². The molecule has 6 nitrogen and oxygen atoms in total. The monoisotopic (exact) mass is 495 g/mol. The second-order valence-electron chi connectivity index (χ2n) is 8.46. The van der Waals surface area contributed by atoms with Crippen LogP contribution in [0.4, 0.5) is 13.2 Å². The van der Waals surface area contributed by atoms with Crippen LogP contribution in [0.1, 0.15) is 23.6 Å². The molecule has 0 amide bonds. The van der Waals surface area contributed by atoms with Gasteiger partial charge in [0.2, 0.25) is 5.82 Å². The second-order valence-corrected chi connectivity index (χ2v) is 8.46. The van der Waals surface area contributed by atoms with Gasteiger partial charge >= 0.3 is 12.1 Å². The van der Waals surface area contributed by atoms with Crippen molar-refractivity contribution < 1.29 is 27.6 Å². The Kier molecular flexibility index (Phi) is 7.21. The first-order valence-electron chi connectivity index (χ1n) is 11.3. The number of rotatable bonds is 8. The molecule has 2 N–H and O–H groups in total. The molecular formula is C27H24F3N3O3. The first-order chi connectivity index (χ1) is 17.1. The third-order valence-corrected chi connectivity index (χ3v) is 5.88. The largest absolute Gasteiger partial charge is 0.480 e. The maximum absolute atomic E-state index is 13.9. The summed E-state index contributed by atoms with van der Waals surface area (Å²) in [4.78, 5) is 15.2. The van der Waals surface area contributed by atoms with Crippen molar-refractivity contribution in [2.24, 2.45) is 0 Å². The number of aliphatic carboxylic acids is 1. The van der Waals surface area contributed by atoms with Crippen LogP contribution < -0.4 is 5.32 Å². The molecule has 0 saturated carbocycles. The van der Waals surface area contributed by atoms with E-state index in [1.165, 1.54) is 6.07 Å². The van der Waals surface area contributed by atoms with Crippen LogP contribution in [-0.4, -0.2) is 33.8 Å². The van der Waals surface area contributed by atoms with Crippen molar-refractivity contribution in [2.45, 2.75) is 32.5 Å². The number of carboxylic acid groups (broad SMARTS) is 1. The second kappa shape index (κ2) is 10.3. The molecule has 0 spiro atoms. The van der Waals surface area contributed by atoms with Gasteiger partial charge in [0.25, 0.3) is 5.89 Å². The quantitative estimate of drug-likeness (QED) is 0.312. The van der Waals surface area contributed by atoms with Crippen molar-refractivity contribution >= 4 is 5.97 Å². The van der Waals surface area contributed by atoms with Crippen LogP contribution in [0.15, 0.2) is 71.3 Å². The fraction of sp³-hybridized carbons (Fsp3) is 0.222. The Balaban J connectivity index is 1.55. The summed E-state index contributed by atoms with van der Waals surface area (Å²) in [6, 6.07) is 17.6. The Morgan fingerprint density at radius 3 is 2.39 bits per heavy atom. The maximum atomic E-state index is 13.9. The Hall–Kier alpha value is -3.98. The zero-order chi connectivity index (χ0) is 25.9. The van der Waals surface area contributed by atoms with Gasteiger partial charge in [-0.3, -0.25) is 4.79 Å². The molecule has 4 rings (SSSR count). The molecule has 0 aliphatic carbocycles. The molecule has 1 heterocycles. The van der Waals surface area contributed by atoms with E-state index in [-0.39, 0.29) is 22.8 Å². The molecule has 0 fully saturated rings. The fourth-order valence-corrected chi connectivity index (χ4v) is 3.82. The van der Waals surface area contributed by atoms with Gasteiger partial charge in [-0.05, 0) is 61.2 Å². The van der Waals surface area contributed by atoms with Crippen molar-refractivity contribution in [3.63, 3.8) is 0 Å². The van der Waals surface area contributed by atoms with E-state index >= 15 is 0 Å². The number of aryl methyl sites for hydroxylation is 1. The maximum Gasteiger partial charge on any atom is 0.417 e. The number of benzene rings is 3. The number of nitrogens with one attached hydrogen (secondary N) is 1. The van der Waals surface area contributed by atoms with Crippen LogP contribution in [-0.2, 0) is 17.4 Å². The Labute approximate surface area is 205 Å². The minimum Gasteiger partial charge on any atom is -0.480 e. The summed E-state index contributed by atoms with van der Waals surface area (Å²) in [7, 11) is 0. The van der Waals surface area contributed by atoms with E-state index in [9.17, 15) is 18.0 Å². The Morgan fingerprint density at radius 1 is 1.03 bits per heavy atom. The summed E-state index contributed by atoms with van der Waals surface area (Å²) < 4.78 is 47.1. The van der Waals surface area contributed by atoms with Crippen LogP contribution in [0.3, 0.4) is 0 Å². The lowest BCUT2D eigenvalue weighted by Gasteiger charge is -2.15. The van der Waals surface area contributed by atoms with Gasteiger partial charge in [-0.1, -0.05) is 59.8 Å². The number of aromatic nitrogens is 2. The third-order valence-electron chi connectivity index (χ3n) is 5.88. The lowest BCUT2D eigenvalue weighted by molar-refractivity contribution is -0.139. The van der Waals surface area contributed by atoms with E-state index < -0.39 is 23.8 Å². The summed E-state index contributed by atoms with van der Waals surface area (Å²) in [5.74, 6) is -0.668. The van der Waals surface area contributed by atoms with Gasteiger partial charge in [-0.25, -0.2) is 0 Å². The van der Waals surface area contributed by atoms with Crippen molar-refractivity contribution in [3.05, 3.63) is 83.4 Å². The number of halogens is 3. The molecule has 9 heteroatoms. The fourth-order valence-electron chi connectivity index (χ4n) is 3.82. The molecular weight excluding hydrogens is 471 g/mol. The molecule has 0 aliphatic heterocycles. The third kappa shape index (κ3) is 5.63. The molecule has 4 aromatic rings. The molecule has 3 aromatic carbocycles. The summed E-state index contributed by atoms with van der Waals surface area (Å²) in [6.45, 7) is 3.85. The number of hydrogen-bond acceptors (Lipinski definition) is 5. The van der Waals surface area contributed by atoms with Crippen molar-refractivity contribution in [3.8, 4) is 34.0 Å². The van der Waals surface area contributed by atoms with Gasteiger partial charge in [0.15, 0.2) is 0 Å². The van der Waals surface area contributed by atoms with Gasteiger partial charge in [0, 0.05) is 11.1 Å². The number of nitrogens with zero attached hydrogens (tertiary/aromatic N) is 2. The van der Waals surface area contributed by atoms with Crippen LogP contribution in [0.5, 0.6) is 0 Å². The standard InChI is InChI=1S/C27H24F3N3O3/c1-16-5-3-4-6-21(16)22-12-11-20(15-23(22)27(28,29)30)25-32-24(33-36-25)19-9-7-18(8-10-19)13-14-31-17(2)26(34)35/h3-12,15,17,31H,13-14H2,1-2H3,(H,34,35). The van der Waals surface area contributed by atoms with Crippen LogP contribution >= 0.6 is 0 Å². The molecule has 0 radical (unpaired) electrons.